The predicted molar refractivity (Wildman–Crippen MR) is 176 cm³/mol. The predicted octanol–water partition coefficient (Wildman–Crippen LogP) is 7.74. The van der Waals surface area contributed by atoms with Crippen molar-refractivity contribution in [2.45, 2.75) is 66.2 Å². The van der Waals surface area contributed by atoms with E-state index in [9.17, 15) is 14.4 Å². The van der Waals surface area contributed by atoms with E-state index in [2.05, 4.69) is 46.4 Å². The minimum absolute atomic E-state index is 0.0803. The van der Waals surface area contributed by atoms with E-state index < -0.39 is 5.41 Å². The van der Waals surface area contributed by atoms with Crippen LogP contribution in [0.3, 0.4) is 0 Å². The zero-order valence-electron chi connectivity index (χ0n) is 26.9. The van der Waals surface area contributed by atoms with Gasteiger partial charge in [0.15, 0.2) is 0 Å². The molecule has 0 spiro atoms. The van der Waals surface area contributed by atoms with E-state index in [1.54, 1.807) is 23.8 Å². The number of ether oxygens (including phenoxy) is 1. The third-order valence-electron chi connectivity index (χ3n) is 11.4. The fourth-order valence-corrected chi connectivity index (χ4v) is 8.91. The van der Waals surface area contributed by atoms with Crippen LogP contribution < -0.4 is 4.90 Å². The molecule has 3 aliphatic carbocycles. The molecule has 6 rings (SSSR count). The Morgan fingerprint density at radius 2 is 1.89 bits per heavy atom. The van der Waals surface area contributed by atoms with Gasteiger partial charge in [0, 0.05) is 41.2 Å². The molecule has 4 aliphatic rings. The molecule has 6 heteroatoms. The van der Waals surface area contributed by atoms with Gasteiger partial charge in [0.25, 0.3) is 11.8 Å². The second kappa shape index (κ2) is 11.4. The molecule has 6 nitrogen and oxygen atoms in total. The number of hydrogen-bond acceptors (Lipinski definition) is 5. The Bertz CT molecular complexity index is 1580. The van der Waals surface area contributed by atoms with E-state index >= 15 is 0 Å². The van der Waals surface area contributed by atoms with Crippen LogP contribution in [0.5, 0.6) is 0 Å². The number of allylic oxidation sites excluding steroid dienone is 4. The quantitative estimate of drug-likeness (QED) is 0.178. The molecule has 1 saturated carbocycles. The summed E-state index contributed by atoms with van der Waals surface area (Å²) in [6, 6.07) is 9.30. The SMILES string of the molecule is C=CCN1C(=O)c2cccc3c(N(C)CCOC(=O)C4(C)CCCC5(C)C6CCC(C(C)C)=CC6=CCC45)ccc(c23)C1=O. The number of likely N-dealkylation sites (N-methyl/N-ethyl adjacent to an activating group) is 1. The molecule has 0 bridgehead atoms. The van der Waals surface area contributed by atoms with E-state index in [0.29, 0.717) is 34.9 Å². The van der Waals surface area contributed by atoms with Crippen molar-refractivity contribution >= 4 is 34.2 Å². The fourth-order valence-electron chi connectivity index (χ4n) is 8.91. The first kappa shape index (κ1) is 30.4. The molecule has 0 aromatic heterocycles. The van der Waals surface area contributed by atoms with Gasteiger partial charge in [0.05, 0.1) is 12.0 Å². The van der Waals surface area contributed by atoms with Crippen molar-refractivity contribution in [2.75, 3.05) is 31.6 Å². The number of amides is 2. The molecule has 44 heavy (non-hydrogen) atoms. The Kier molecular flexibility index (Phi) is 7.84. The number of fused-ring (bicyclic) bond motifs is 3. The van der Waals surface area contributed by atoms with Gasteiger partial charge < -0.3 is 9.64 Å². The van der Waals surface area contributed by atoms with E-state index in [1.165, 1.54) is 16.9 Å². The average molecular weight is 595 g/mol. The monoisotopic (exact) mass is 594 g/mol. The van der Waals surface area contributed by atoms with Crippen LogP contribution in [0.15, 0.2) is 66.3 Å². The third-order valence-corrected chi connectivity index (χ3v) is 11.4. The Morgan fingerprint density at radius 1 is 1.14 bits per heavy atom. The molecule has 1 fully saturated rings. The van der Waals surface area contributed by atoms with Gasteiger partial charge in [-0.15, -0.1) is 6.58 Å². The van der Waals surface area contributed by atoms with Gasteiger partial charge in [-0.2, -0.15) is 0 Å². The molecular formula is C38H46N2O4. The van der Waals surface area contributed by atoms with Crippen molar-refractivity contribution < 1.29 is 19.1 Å². The van der Waals surface area contributed by atoms with E-state index in [4.69, 9.17) is 4.74 Å². The molecule has 1 heterocycles. The van der Waals surface area contributed by atoms with Crippen LogP contribution in [-0.2, 0) is 9.53 Å². The number of benzene rings is 2. The molecule has 4 unspecified atom stereocenters. The third kappa shape index (κ3) is 4.72. The lowest BCUT2D eigenvalue weighted by Crippen LogP contribution is -2.53. The molecule has 0 N–H and O–H groups in total. The highest BCUT2D eigenvalue weighted by molar-refractivity contribution is 6.26. The van der Waals surface area contributed by atoms with Gasteiger partial charge in [0.1, 0.15) is 6.61 Å². The van der Waals surface area contributed by atoms with Crippen LogP contribution in [0.25, 0.3) is 10.8 Å². The zero-order chi connectivity index (χ0) is 31.4. The standard InChI is InChI=1S/C38H46N2O4/c1-7-20-40-34(41)28-11-8-10-27-31(16-14-29(33(27)28)35(40)42)39(6)21-22-44-36(43)38(5)19-9-18-37(4)30-15-12-25(24(2)3)23-26(30)13-17-32(37)38/h7-8,10-11,13-14,16,23-24,30,32H,1,9,12,15,17-22H2,2-6H3. The number of anilines is 1. The van der Waals surface area contributed by atoms with Crippen LogP contribution in [0, 0.1) is 28.6 Å². The number of nitrogens with zero attached hydrogens (tertiary/aromatic N) is 2. The summed E-state index contributed by atoms with van der Waals surface area (Å²) >= 11 is 0. The van der Waals surface area contributed by atoms with Crippen molar-refractivity contribution in [3.8, 4) is 0 Å². The molecule has 2 aromatic carbocycles. The highest BCUT2D eigenvalue weighted by Gasteiger charge is 2.57. The molecule has 1 aliphatic heterocycles. The number of carbonyl (C=O) groups excluding carboxylic acids is 3. The second-order valence-corrected chi connectivity index (χ2v) is 14.2. The van der Waals surface area contributed by atoms with Gasteiger partial charge in [-0.3, -0.25) is 19.3 Å². The summed E-state index contributed by atoms with van der Waals surface area (Å²) in [5.41, 5.74) is 4.59. The van der Waals surface area contributed by atoms with Crippen molar-refractivity contribution in [2.24, 2.45) is 28.6 Å². The molecule has 2 aromatic rings. The maximum atomic E-state index is 13.9. The smallest absolute Gasteiger partial charge is 0.312 e. The van der Waals surface area contributed by atoms with E-state index in [0.717, 1.165) is 43.2 Å². The highest BCUT2D eigenvalue weighted by Crippen LogP contribution is 2.62. The maximum absolute atomic E-state index is 13.9. The summed E-state index contributed by atoms with van der Waals surface area (Å²) in [5, 5.41) is 1.52. The summed E-state index contributed by atoms with van der Waals surface area (Å²) in [6.07, 6.45) is 12.8. The molecular weight excluding hydrogens is 548 g/mol. The first-order chi connectivity index (χ1) is 21.0. The summed E-state index contributed by atoms with van der Waals surface area (Å²) in [4.78, 5) is 43.4. The lowest BCUT2D eigenvalue weighted by molar-refractivity contribution is -0.169. The largest absolute Gasteiger partial charge is 0.463 e. The number of hydrogen-bond donors (Lipinski definition) is 0. The Morgan fingerprint density at radius 3 is 2.61 bits per heavy atom. The van der Waals surface area contributed by atoms with Gasteiger partial charge >= 0.3 is 5.97 Å². The topological polar surface area (TPSA) is 66.9 Å². The van der Waals surface area contributed by atoms with Crippen LogP contribution in [0.4, 0.5) is 5.69 Å². The second-order valence-electron chi connectivity index (χ2n) is 14.2. The highest BCUT2D eigenvalue weighted by atomic mass is 16.5. The van der Waals surface area contributed by atoms with Crippen molar-refractivity contribution in [3.63, 3.8) is 0 Å². The van der Waals surface area contributed by atoms with Crippen LogP contribution in [0.2, 0.25) is 0 Å². The first-order valence-electron chi connectivity index (χ1n) is 16.3. The summed E-state index contributed by atoms with van der Waals surface area (Å²) < 4.78 is 6.08. The molecule has 4 atom stereocenters. The Labute approximate surface area is 261 Å². The average Bonchev–Trinajstić information content (AvgIpc) is 3.01. The fraction of sp³-hybridized carbons (Fsp3) is 0.500. The Balaban J connectivity index is 1.17. The van der Waals surface area contributed by atoms with Crippen LogP contribution >= 0.6 is 0 Å². The first-order valence-corrected chi connectivity index (χ1v) is 16.3. The van der Waals surface area contributed by atoms with Gasteiger partial charge in [-0.1, -0.05) is 63.1 Å². The summed E-state index contributed by atoms with van der Waals surface area (Å²) in [7, 11) is 1.96. The van der Waals surface area contributed by atoms with Crippen molar-refractivity contribution in [3.05, 3.63) is 77.4 Å². The minimum Gasteiger partial charge on any atom is -0.463 e. The van der Waals surface area contributed by atoms with Crippen LogP contribution in [0.1, 0.15) is 86.9 Å². The van der Waals surface area contributed by atoms with Gasteiger partial charge in [-0.05, 0) is 86.0 Å². The normalized spacial score (nSPS) is 27.8. The number of carbonyl (C=O) groups is 3. The van der Waals surface area contributed by atoms with Crippen molar-refractivity contribution in [1.29, 1.82) is 0 Å². The van der Waals surface area contributed by atoms with E-state index in [-0.39, 0.29) is 42.3 Å². The van der Waals surface area contributed by atoms with E-state index in [1.807, 2.05) is 30.1 Å². The molecule has 2 amide bonds. The Hall–Kier alpha value is -3.67. The summed E-state index contributed by atoms with van der Waals surface area (Å²) in [6.45, 7) is 13.8. The zero-order valence-corrected chi connectivity index (χ0v) is 26.9. The van der Waals surface area contributed by atoms with Crippen molar-refractivity contribution in [1.82, 2.24) is 4.90 Å². The van der Waals surface area contributed by atoms with Gasteiger partial charge in [0.2, 0.25) is 0 Å². The number of esters is 1. The lowest BCUT2D eigenvalue weighted by atomic mass is 9.47. The number of imide groups is 1. The molecule has 0 saturated heterocycles. The lowest BCUT2D eigenvalue weighted by Gasteiger charge is -2.57. The summed E-state index contributed by atoms with van der Waals surface area (Å²) in [5.74, 6) is 0.682. The maximum Gasteiger partial charge on any atom is 0.312 e. The van der Waals surface area contributed by atoms with Crippen LogP contribution in [-0.4, -0.2) is 49.4 Å². The minimum atomic E-state index is -0.506. The number of rotatable bonds is 8. The molecule has 232 valence electrons. The van der Waals surface area contributed by atoms with Gasteiger partial charge in [-0.25, -0.2) is 0 Å². The molecule has 0 radical (unpaired) electrons.